The Morgan fingerprint density at radius 3 is 3.17 bits per heavy atom. The molecule has 3 heteroatoms. The molecule has 18 heavy (non-hydrogen) atoms. The summed E-state index contributed by atoms with van der Waals surface area (Å²) in [4.78, 5) is 4.49. The molecule has 3 nitrogen and oxygen atoms in total. The first-order chi connectivity index (χ1) is 8.92. The lowest BCUT2D eigenvalue weighted by atomic mass is 10.2. The number of aromatic nitrogens is 1. The zero-order valence-corrected chi connectivity index (χ0v) is 11.3. The fourth-order valence-electron chi connectivity index (χ4n) is 2.41. The van der Waals surface area contributed by atoms with Crippen molar-refractivity contribution in [2.45, 2.75) is 45.1 Å². The molecule has 1 heterocycles. The van der Waals surface area contributed by atoms with E-state index in [1.165, 1.54) is 30.5 Å². The molecule has 0 saturated carbocycles. The van der Waals surface area contributed by atoms with Crippen LogP contribution in [0.4, 0.5) is 0 Å². The van der Waals surface area contributed by atoms with E-state index in [4.69, 9.17) is 4.74 Å². The van der Waals surface area contributed by atoms with Crippen molar-refractivity contribution in [2.24, 2.45) is 0 Å². The number of hydrogen-bond donors (Lipinski definition) is 1. The van der Waals surface area contributed by atoms with Crippen LogP contribution in [-0.4, -0.2) is 24.7 Å². The van der Waals surface area contributed by atoms with Gasteiger partial charge in [0.15, 0.2) is 0 Å². The van der Waals surface area contributed by atoms with Gasteiger partial charge in [-0.05, 0) is 43.9 Å². The van der Waals surface area contributed by atoms with Crippen LogP contribution >= 0.6 is 0 Å². The highest BCUT2D eigenvalue weighted by Crippen LogP contribution is 2.28. The second-order valence-corrected chi connectivity index (χ2v) is 4.91. The van der Waals surface area contributed by atoms with Crippen molar-refractivity contribution in [2.75, 3.05) is 19.8 Å². The fourth-order valence-corrected chi connectivity index (χ4v) is 2.41. The van der Waals surface area contributed by atoms with Crippen LogP contribution in [0.1, 0.15) is 49.9 Å². The summed E-state index contributed by atoms with van der Waals surface area (Å²) < 4.78 is 5.55. The molecule has 100 valence electrons. The Bertz CT molecular complexity index is 354. The van der Waals surface area contributed by atoms with Crippen LogP contribution in [0, 0.1) is 0 Å². The molecule has 0 bridgehead atoms. The maximum atomic E-state index is 5.55. The van der Waals surface area contributed by atoms with E-state index in [9.17, 15) is 0 Å². The molecule has 0 spiro atoms. The predicted molar refractivity (Wildman–Crippen MR) is 73.6 cm³/mol. The molecule has 0 fully saturated rings. The van der Waals surface area contributed by atoms with E-state index < -0.39 is 0 Å². The van der Waals surface area contributed by atoms with Crippen LogP contribution in [0.25, 0.3) is 0 Å². The molecule has 0 aliphatic heterocycles. The molecule has 0 aromatic carbocycles. The number of pyridine rings is 1. The number of rotatable bonds is 8. The van der Waals surface area contributed by atoms with Gasteiger partial charge < -0.3 is 10.1 Å². The Balaban J connectivity index is 1.61. The van der Waals surface area contributed by atoms with Gasteiger partial charge in [0.05, 0.1) is 11.7 Å². The smallest absolute Gasteiger partial charge is 0.0605 e. The van der Waals surface area contributed by atoms with E-state index in [0.717, 1.165) is 32.6 Å². The van der Waals surface area contributed by atoms with E-state index in [0.29, 0.717) is 6.04 Å². The molecule has 1 unspecified atom stereocenters. The quantitative estimate of drug-likeness (QED) is 0.718. The summed E-state index contributed by atoms with van der Waals surface area (Å²) in [7, 11) is 0. The van der Waals surface area contributed by atoms with Crippen molar-refractivity contribution < 1.29 is 4.74 Å². The standard InChI is InChI=1S/C15H24N2O/c1-2-3-11-18-12-5-10-16-14-8-7-13-6-4-9-17-15(13)14/h4,6,9,14,16H,2-3,5,7-8,10-12H2,1H3. The molecule has 1 aromatic rings. The molecule has 1 aromatic heterocycles. The van der Waals surface area contributed by atoms with Gasteiger partial charge in [-0.3, -0.25) is 4.98 Å². The van der Waals surface area contributed by atoms with Crippen LogP contribution in [0.2, 0.25) is 0 Å². The summed E-state index contributed by atoms with van der Waals surface area (Å²) in [5.74, 6) is 0. The SMILES string of the molecule is CCCCOCCCNC1CCc2cccnc21. The number of ether oxygens (including phenoxy) is 1. The van der Waals surface area contributed by atoms with E-state index in [1.807, 2.05) is 12.3 Å². The highest BCUT2D eigenvalue weighted by molar-refractivity contribution is 5.27. The van der Waals surface area contributed by atoms with Crippen LogP contribution in [0.15, 0.2) is 18.3 Å². The van der Waals surface area contributed by atoms with Gasteiger partial charge >= 0.3 is 0 Å². The summed E-state index contributed by atoms with van der Waals surface area (Å²) in [6.07, 6.45) is 7.71. The molecule has 0 amide bonds. The van der Waals surface area contributed by atoms with Gasteiger partial charge in [0.1, 0.15) is 0 Å². The fraction of sp³-hybridized carbons (Fsp3) is 0.667. The first-order valence-corrected chi connectivity index (χ1v) is 7.16. The maximum absolute atomic E-state index is 5.55. The lowest BCUT2D eigenvalue weighted by Gasteiger charge is -2.12. The first kappa shape index (κ1) is 13.5. The molecule has 0 radical (unpaired) electrons. The third-order valence-electron chi connectivity index (χ3n) is 3.46. The number of unbranched alkanes of at least 4 members (excludes halogenated alkanes) is 1. The van der Waals surface area contributed by atoms with E-state index in [1.54, 1.807) is 0 Å². The molecule has 1 atom stereocenters. The van der Waals surface area contributed by atoms with Crippen molar-refractivity contribution in [3.05, 3.63) is 29.6 Å². The normalized spacial score (nSPS) is 17.9. The maximum Gasteiger partial charge on any atom is 0.0605 e. The number of hydrogen-bond acceptors (Lipinski definition) is 3. The van der Waals surface area contributed by atoms with Gasteiger partial charge in [0.2, 0.25) is 0 Å². The van der Waals surface area contributed by atoms with Crippen LogP contribution in [-0.2, 0) is 11.2 Å². The van der Waals surface area contributed by atoms with Crippen molar-refractivity contribution >= 4 is 0 Å². The minimum atomic E-state index is 0.455. The predicted octanol–water partition coefficient (Wildman–Crippen LogP) is 2.87. The first-order valence-electron chi connectivity index (χ1n) is 7.16. The second kappa shape index (κ2) is 7.49. The third kappa shape index (κ3) is 3.79. The molecule has 0 saturated heterocycles. The van der Waals surface area contributed by atoms with Gasteiger partial charge in [0.25, 0.3) is 0 Å². The van der Waals surface area contributed by atoms with Gasteiger partial charge in [-0.2, -0.15) is 0 Å². The molecular formula is C15H24N2O. The van der Waals surface area contributed by atoms with Crippen molar-refractivity contribution in [1.82, 2.24) is 10.3 Å². The summed E-state index contributed by atoms with van der Waals surface area (Å²) in [5, 5.41) is 3.59. The Kier molecular flexibility index (Phi) is 5.62. The largest absolute Gasteiger partial charge is 0.381 e. The molecular weight excluding hydrogens is 224 g/mol. The molecule has 1 aliphatic carbocycles. The Morgan fingerprint density at radius 1 is 1.39 bits per heavy atom. The number of nitrogens with one attached hydrogen (secondary N) is 1. The number of fused-ring (bicyclic) bond motifs is 1. The zero-order valence-electron chi connectivity index (χ0n) is 11.3. The second-order valence-electron chi connectivity index (χ2n) is 4.91. The van der Waals surface area contributed by atoms with Crippen LogP contribution in [0.3, 0.4) is 0 Å². The Hall–Kier alpha value is -0.930. The van der Waals surface area contributed by atoms with Gasteiger partial charge in [-0.25, -0.2) is 0 Å². The molecule has 1 aliphatic rings. The molecule has 1 N–H and O–H groups in total. The van der Waals surface area contributed by atoms with Crippen LogP contribution in [0.5, 0.6) is 0 Å². The van der Waals surface area contributed by atoms with E-state index in [-0.39, 0.29) is 0 Å². The summed E-state index contributed by atoms with van der Waals surface area (Å²) in [6.45, 7) is 4.99. The minimum absolute atomic E-state index is 0.455. The average Bonchev–Trinajstić information content (AvgIpc) is 2.81. The van der Waals surface area contributed by atoms with Crippen molar-refractivity contribution in [3.8, 4) is 0 Å². The van der Waals surface area contributed by atoms with Crippen molar-refractivity contribution in [3.63, 3.8) is 0 Å². The Morgan fingerprint density at radius 2 is 2.28 bits per heavy atom. The van der Waals surface area contributed by atoms with E-state index >= 15 is 0 Å². The summed E-state index contributed by atoms with van der Waals surface area (Å²) >= 11 is 0. The van der Waals surface area contributed by atoms with E-state index in [2.05, 4.69) is 23.3 Å². The van der Waals surface area contributed by atoms with Gasteiger partial charge in [-0.1, -0.05) is 19.4 Å². The van der Waals surface area contributed by atoms with Crippen molar-refractivity contribution in [1.29, 1.82) is 0 Å². The molecule has 2 rings (SSSR count). The minimum Gasteiger partial charge on any atom is -0.381 e. The van der Waals surface area contributed by atoms with Gasteiger partial charge in [0, 0.05) is 19.4 Å². The van der Waals surface area contributed by atoms with Gasteiger partial charge in [-0.15, -0.1) is 0 Å². The topological polar surface area (TPSA) is 34.1 Å². The average molecular weight is 248 g/mol. The lowest BCUT2D eigenvalue weighted by molar-refractivity contribution is 0.128. The Labute approximate surface area is 110 Å². The highest BCUT2D eigenvalue weighted by Gasteiger charge is 2.22. The number of aryl methyl sites for hydroxylation is 1. The summed E-state index contributed by atoms with van der Waals surface area (Å²) in [6, 6.07) is 4.68. The lowest BCUT2D eigenvalue weighted by Crippen LogP contribution is -2.22. The summed E-state index contributed by atoms with van der Waals surface area (Å²) in [5.41, 5.74) is 2.67. The highest BCUT2D eigenvalue weighted by atomic mass is 16.5. The number of nitrogens with zero attached hydrogens (tertiary/aromatic N) is 1. The zero-order chi connectivity index (χ0) is 12.6. The monoisotopic (exact) mass is 248 g/mol. The third-order valence-corrected chi connectivity index (χ3v) is 3.46. The van der Waals surface area contributed by atoms with Crippen LogP contribution < -0.4 is 5.32 Å².